The lowest BCUT2D eigenvalue weighted by atomic mass is 10.1. The zero-order valence-corrected chi connectivity index (χ0v) is 13.5. The van der Waals surface area contributed by atoms with Gasteiger partial charge in [-0.1, -0.05) is 12.1 Å². The van der Waals surface area contributed by atoms with Gasteiger partial charge in [0, 0.05) is 42.1 Å². The molecule has 3 aromatic rings. The summed E-state index contributed by atoms with van der Waals surface area (Å²) < 4.78 is 0. The highest BCUT2D eigenvalue weighted by Gasteiger charge is 2.16. The number of benzene rings is 1. The maximum atomic E-state index is 12.8. The van der Waals surface area contributed by atoms with Crippen LogP contribution < -0.4 is 0 Å². The van der Waals surface area contributed by atoms with Gasteiger partial charge in [0.1, 0.15) is 0 Å². The summed E-state index contributed by atoms with van der Waals surface area (Å²) in [6.45, 7) is 2.55. The van der Waals surface area contributed by atoms with E-state index in [1.165, 1.54) is 0 Å². The van der Waals surface area contributed by atoms with Crippen LogP contribution in [-0.4, -0.2) is 39.0 Å². The number of hydrogen-bond acceptors (Lipinski definition) is 4. The van der Waals surface area contributed by atoms with Gasteiger partial charge in [-0.25, -0.2) is 0 Å². The molecule has 0 aliphatic carbocycles. The maximum Gasteiger partial charge on any atom is 0.254 e. The highest BCUT2D eigenvalue weighted by molar-refractivity contribution is 5.98. The first-order valence-electron chi connectivity index (χ1n) is 7.84. The second-order valence-corrected chi connectivity index (χ2v) is 5.67. The van der Waals surface area contributed by atoms with Crippen molar-refractivity contribution in [1.82, 2.24) is 14.9 Å². The van der Waals surface area contributed by atoms with Crippen molar-refractivity contribution < 1.29 is 9.90 Å². The molecular weight excluding hydrogens is 302 g/mol. The van der Waals surface area contributed by atoms with Gasteiger partial charge >= 0.3 is 0 Å². The third-order valence-corrected chi connectivity index (χ3v) is 3.83. The Morgan fingerprint density at radius 3 is 2.83 bits per heavy atom. The van der Waals surface area contributed by atoms with Gasteiger partial charge in [-0.3, -0.25) is 14.8 Å². The molecule has 2 aromatic heterocycles. The Kier molecular flexibility index (Phi) is 4.82. The number of aromatic nitrogens is 2. The van der Waals surface area contributed by atoms with Crippen molar-refractivity contribution in [3.05, 3.63) is 71.7 Å². The molecule has 0 fully saturated rings. The number of aliphatic hydroxyl groups excluding tert-OH is 1. The number of aryl methyl sites for hydroxylation is 1. The Hall–Kier alpha value is -2.79. The minimum absolute atomic E-state index is 0.0830. The predicted octanol–water partition coefficient (Wildman–Crippen LogP) is 2.57. The van der Waals surface area contributed by atoms with E-state index in [0.717, 1.165) is 22.2 Å². The molecule has 5 heteroatoms. The lowest BCUT2D eigenvalue weighted by Gasteiger charge is -2.22. The van der Waals surface area contributed by atoms with Gasteiger partial charge in [0.25, 0.3) is 5.91 Å². The number of aliphatic hydroxyl groups is 1. The highest BCUT2D eigenvalue weighted by Crippen LogP contribution is 2.17. The Morgan fingerprint density at radius 2 is 2.08 bits per heavy atom. The molecule has 0 saturated heterocycles. The van der Waals surface area contributed by atoms with Gasteiger partial charge in [0.2, 0.25) is 0 Å². The first kappa shape index (κ1) is 16.1. The van der Waals surface area contributed by atoms with Gasteiger partial charge in [0.15, 0.2) is 0 Å². The summed E-state index contributed by atoms with van der Waals surface area (Å²) in [5, 5.41) is 10.2. The largest absolute Gasteiger partial charge is 0.395 e. The van der Waals surface area contributed by atoms with E-state index in [2.05, 4.69) is 9.97 Å². The first-order chi connectivity index (χ1) is 11.7. The van der Waals surface area contributed by atoms with E-state index in [4.69, 9.17) is 0 Å². The van der Waals surface area contributed by atoms with Crippen LogP contribution >= 0.6 is 0 Å². The van der Waals surface area contributed by atoms with Crippen LogP contribution in [0, 0.1) is 6.92 Å². The Balaban J connectivity index is 1.87. The van der Waals surface area contributed by atoms with Crippen molar-refractivity contribution in [3.8, 4) is 0 Å². The van der Waals surface area contributed by atoms with Crippen LogP contribution in [0.1, 0.15) is 21.6 Å². The molecule has 0 spiro atoms. The minimum atomic E-state index is -0.115. The molecule has 0 aliphatic rings. The van der Waals surface area contributed by atoms with Gasteiger partial charge in [-0.05, 0) is 42.8 Å². The molecule has 0 unspecified atom stereocenters. The zero-order valence-electron chi connectivity index (χ0n) is 13.5. The van der Waals surface area contributed by atoms with E-state index >= 15 is 0 Å². The Morgan fingerprint density at radius 1 is 1.21 bits per heavy atom. The molecule has 1 amide bonds. The molecule has 2 heterocycles. The number of carbonyl (C=O) groups is 1. The quantitative estimate of drug-likeness (QED) is 0.784. The van der Waals surface area contributed by atoms with Crippen molar-refractivity contribution in [2.75, 3.05) is 13.2 Å². The molecule has 1 aromatic carbocycles. The molecule has 0 bridgehead atoms. The highest BCUT2D eigenvalue weighted by atomic mass is 16.3. The van der Waals surface area contributed by atoms with Crippen molar-refractivity contribution >= 4 is 16.8 Å². The summed E-state index contributed by atoms with van der Waals surface area (Å²) in [6.07, 6.45) is 3.42. The van der Waals surface area contributed by atoms with Crippen molar-refractivity contribution in [2.45, 2.75) is 13.5 Å². The number of fused-ring (bicyclic) bond motifs is 1. The van der Waals surface area contributed by atoms with Crippen molar-refractivity contribution in [3.63, 3.8) is 0 Å². The topological polar surface area (TPSA) is 66.3 Å². The average molecular weight is 321 g/mol. The Bertz CT molecular complexity index is 850. The normalized spacial score (nSPS) is 10.8. The molecule has 5 nitrogen and oxygen atoms in total. The molecule has 0 atom stereocenters. The second-order valence-electron chi connectivity index (χ2n) is 5.67. The summed E-state index contributed by atoms with van der Waals surface area (Å²) in [5.74, 6) is -0.115. The van der Waals surface area contributed by atoms with Crippen LogP contribution in [0.4, 0.5) is 0 Å². The smallest absolute Gasteiger partial charge is 0.254 e. The standard InChI is InChI=1S/C19H19N3O2/c1-14-4-5-16-11-17(6-7-18(16)21-14)19(24)22(9-10-23)13-15-3-2-8-20-12-15/h2-8,11-12,23H,9-10,13H2,1H3. The molecule has 0 radical (unpaired) electrons. The zero-order chi connectivity index (χ0) is 16.9. The van der Waals surface area contributed by atoms with E-state index in [9.17, 15) is 9.90 Å². The molecule has 122 valence electrons. The first-order valence-corrected chi connectivity index (χ1v) is 7.84. The number of hydrogen-bond donors (Lipinski definition) is 1. The molecular formula is C19H19N3O2. The van der Waals surface area contributed by atoms with Crippen LogP contribution in [0.3, 0.4) is 0 Å². The Labute approximate surface area is 140 Å². The number of pyridine rings is 2. The molecule has 24 heavy (non-hydrogen) atoms. The van der Waals surface area contributed by atoms with Crippen LogP contribution in [-0.2, 0) is 6.54 Å². The second kappa shape index (κ2) is 7.19. The number of nitrogens with zero attached hydrogens (tertiary/aromatic N) is 3. The van der Waals surface area contributed by atoms with Gasteiger partial charge in [0.05, 0.1) is 12.1 Å². The summed E-state index contributed by atoms with van der Waals surface area (Å²) in [4.78, 5) is 23.0. The molecule has 3 rings (SSSR count). The SMILES string of the molecule is Cc1ccc2cc(C(=O)N(CCO)Cc3cccnc3)ccc2n1. The number of amides is 1. The van der Waals surface area contributed by atoms with Gasteiger partial charge in [-0.15, -0.1) is 0 Å². The van der Waals surface area contributed by atoms with Gasteiger partial charge in [-0.2, -0.15) is 0 Å². The van der Waals surface area contributed by atoms with Gasteiger partial charge < -0.3 is 10.0 Å². The minimum Gasteiger partial charge on any atom is -0.395 e. The van der Waals surface area contributed by atoms with E-state index in [1.807, 2.05) is 43.3 Å². The average Bonchev–Trinajstić information content (AvgIpc) is 2.61. The summed E-state index contributed by atoms with van der Waals surface area (Å²) in [7, 11) is 0. The van der Waals surface area contributed by atoms with Crippen LogP contribution in [0.25, 0.3) is 10.9 Å². The van der Waals surface area contributed by atoms with E-state index in [1.54, 1.807) is 23.4 Å². The monoisotopic (exact) mass is 321 g/mol. The maximum absolute atomic E-state index is 12.8. The van der Waals surface area contributed by atoms with Crippen LogP contribution in [0.15, 0.2) is 54.9 Å². The molecule has 0 saturated carbocycles. The molecule has 0 aliphatic heterocycles. The lowest BCUT2D eigenvalue weighted by molar-refractivity contribution is 0.0708. The summed E-state index contributed by atoms with van der Waals surface area (Å²) in [5.41, 5.74) is 3.33. The number of rotatable bonds is 5. The van der Waals surface area contributed by atoms with Crippen LogP contribution in [0.2, 0.25) is 0 Å². The van der Waals surface area contributed by atoms with E-state index in [0.29, 0.717) is 12.1 Å². The fourth-order valence-electron chi connectivity index (χ4n) is 2.63. The fraction of sp³-hybridized carbons (Fsp3) is 0.211. The summed E-state index contributed by atoms with van der Waals surface area (Å²) in [6, 6.07) is 13.1. The van der Waals surface area contributed by atoms with E-state index < -0.39 is 0 Å². The number of carbonyl (C=O) groups excluding carboxylic acids is 1. The van der Waals surface area contributed by atoms with Crippen molar-refractivity contribution in [2.24, 2.45) is 0 Å². The fourth-order valence-corrected chi connectivity index (χ4v) is 2.63. The predicted molar refractivity (Wildman–Crippen MR) is 92.5 cm³/mol. The molecule has 1 N–H and O–H groups in total. The van der Waals surface area contributed by atoms with Crippen molar-refractivity contribution in [1.29, 1.82) is 0 Å². The lowest BCUT2D eigenvalue weighted by Crippen LogP contribution is -2.33. The summed E-state index contributed by atoms with van der Waals surface area (Å²) >= 11 is 0. The third-order valence-electron chi connectivity index (χ3n) is 3.83. The third kappa shape index (κ3) is 3.58. The van der Waals surface area contributed by atoms with Crippen LogP contribution in [0.5, 0.6) is 0 Å². The van der Waals surface area contributed by atoms with E-state index in [-0.39, 0.29) is 19.1 Å².